The van der Waals surface area contributed by atoms with E-state index in [0.29, 0.717) is 13.2 Å². The summed E-state index contributed by atoms with van der Waals surface area (Å²) in [6, 6.07) is 0. The number of aliphatic hydroxyl groups is 2. The molecule has 1 rings (SSSR count). The van der Waals surface area contributed by atoms with Gasteiger partial charge in [-0.15, -0.1) is 13.2 Å². The summed E-state index contributed by atoms with van der Waals surface area (Å²) in [5.41, 5.74) is 0. The molecule has 4 atom stereocenters. The van der Waals surface area contributed by atoms with Crippen LogP contribution in [0.25, 0.3) is 0 Å². The van der Waals surface area contributed by atoms with Gasteiger partial charge in [0.25, 0.3) is 0 Å². The molecule has 0 spiro atoms. The average Bonchev–Trinajstić information content (AvgIpc) is 2.69. The molecule has 1 aliphatic heterocycles. The van der Waals surface area contributed by atoms with Crippen LogP contribution in [0.15, 0.2) is 25.3 Å². The lowest BCUT2D eigenvalue weighted by Gasteiger charge is -2.26. The van der Waals surface area contributed by atoms with Gasteiger partial charge in [-0.05, 0) is 0 Å². The summed E-state index contributed by atoms with van der Waals surface area (Å²) in [4.78, 5) is 0. The molecule has 0 unspecified atom stereocenters. The Balaban J connectivity index is 2.57. The lowest BCUT2D eigenvalue weighted by Crippen LogP contribution is -2.43. The molecule has 5 nitrogen and oxygen atoms in total. The zero-order chi connectivity index (χ0) is 12.7. The molecule has 1 aliphatic rings. The summed E-state index contributed by atoms with van der Waals surface area (Å²) in [6.45, 7) is 7.70. The molecule has 0 aromatic carbocycles. The van der Waals surface area contributed by atoms with Gasteiger partial charge >= 0.3 is 0 Å². The van der Waals surface area contributed by atoms with Crippen LogP contribution < -0.4 is 0 Å². The van der Waals surface area contributed by atoms with Crippen molar-refractivity contribution in [1.82, 2.24) is 0 Å². The van der Waals surface area contributed by atoms with Crippen molar-refractivity contribution in [3.05, 3.63) is 25.3 Å². The molecule has 2 N–H and O–H groups in total. The van der Waals surface area contributed by atoms with Gasteiger partial charge in [0.05, 0.1) is 26.4 Å². The van der Waals surface area contributed by atoms with Crippen LogP contribution >= 0.6 is 0 Å². The van der Waals surface area contributed by atoms with Gasteiger partial charge in [0, 0.05) is 0 Å². The molecule has 1 saturated heterocycles. The summed E-state index contributed by atoms with van der Waals surface area (Å²) in [5.74, 6) is 0. The first-order chi connectivity index (χ1) is 8.24. The Bertz CT molecular complexity index is 243. The standard InChI is InChI=1S/C12H20O5/c1-3-5-15-10(7-13)12-11(16-6-4-2)9(14)8-17-12/h3-4,9-14H,1-2,5-8H2/t9-,10+,11+,12+/m0/s1. The van der Waals surface area contributed by atoms with Gasteiger partial charge < -0.3 is 24.4 Å². The van der Waals surface area contributed by atoms with Crippen LogP contribution in [0.4, 0.5) is 0 Å². The van der Waals surface area contributed by atoms with E-state index >= 15 is 0 Å². The van der Waals surface area contributed by atoms with E-state index in [1.807, 2.05) is 0 Å². The Morgan fingerprint density at radius 1 is 1.35 bits per heavy atom. The Morgan fingerprint density at radius 2 is 2.06 bits per heavy atom. The van der Waals surface area contributed by atoms with E-state index in [0.717, 1.165) is 0 Å². The molecule has 98 valence electrons. The van der Waals surface area contributed by atoms with Crippen LogP contribution in [0.2, 0.25) is 0 Å². The topological polar surface area (TPSA) is 68.2 Å². The van der Waals surface area contributed by atoms with E-state index in [1.165, 1.54) is 0 Å². The molecule has 0 radical (unpaired) electrons. The number of ether oxygens (including phenoxy) is 3. The molecule has 0 aromatic rings. The second-order valence-corrected chi connectivity index (χ2v) is 3.79. The van der Waals surface area contributed by atoms with Crippen molar-refractivity contribution < 1.29 is 24.4 Å². The Hall–Kier alpha value is -0.720. The lowest BCUT2D eigenvalue weighted by atomic mass is 10.1. The largest absolute Gasteiger partial charge is 0.394 e. The van der Waals surface area contributed by atoms with Crippen molar-refractivity contribution in [2.45, 2.75) is 24.4 Å². The quantitative estimate of drug-likeness (QED) is 0.583. The van der Waals surface area contributed by atoms with Gasteiger partial charge in [0.1, 0.15) is 24.4 Å². The lowest BCUT2D eigenvalue weighted by molar-refractivity contribution is -0.108. The van der Waals surface area contributed by atoms with Gasteiger partial charge in [-0.3, -0.25) is 0 Å². The van der Waals surface area contributed by atoms with E-state index in [9.17, 15) is 10.2 Å². The summed E-state index contributed by atoms with van der Waals surface area (Å²) in [5, 5.41) is 19.0. The third-order valence-corrected chi connectivity index (χ3v) is 2.54. The maximum atomic E-state index is 9.71. The minimum atomic E-state index is -0.707. The van der Waals surface area contributed by atoms with Crippen molar-refractivity contribution in [2.24, 2.45) is 0 Å². The van der Waals surface area contributed by atoms with Crippen molar-refractivity contribution in [2.75, 3.05) is 26.4 Å². The summed E-state index contributed by atoms with van der Waals surface area (Å²) >= 11 is 0. The van der Waals surface area contributed by atoms with E-state index in [1.54, 1.807) is 12.2 Å². The highest BCUT2D eigenvalue weighted by molar-refractivity contribution is 4.91. The van der Waals surface area contributed by atoms with Gasteiger partial charge in [0.15, 0.2) is 0 Å². The number of rotatable bonds is 8. The van der Waals surface area contributed by atoms with Crippen LogP contribution in [0, 0.1) is 0 Å². The summed E-state index contributed by atoms with van der Waals surface area (Å²) in [7, 11) is 0. The highest BCUT2D eigenvalue weighted by Gasteiger charge is 2.41. The van der Waals surface area contributed by atoms with E-state index in [-0.39, 0.29) is 13.2 Å². The summed E-state index contributed by atoms with van der Waals surface area (Å²) in [6.07, 6.45) is 0.972. The van der Waals surface area contributed by atoms with Gasteiger partial charge in [-0.2, -0.15) is 0 Å². The zero-order valence-corrected chi connectivity index (χ0v) is 9.83. The number of hydrogen-bond donors (Lipinski definition) is 2. The van der Waals surface area contributed by atoms with Crippen LogP contribution in [-0.2, 0) is 14.2 Å². The molecule has 17 heavy (non-hydrogen) atoms. The first-order valence-corrected chi connectivity index (χ1v) is 5.60. The minimum absolute atomic E-state index is 0.181. The molecule has 0 saturated carbocycles. The number of aliphatic hydroxyl groups excluding tert-OH is 2. The molecular formula is C12H20O5. The molecule has 0 aromatic heterocycles. The average molecular weight is 244 g/mol. The first kappa shape index (κ1) is 14.3. The van der Waals surface area contributed by atoms with Crippen molar-refractivity contribution in [3.63, 3.8) is 0 Å². The molecule has 1 heterocycles. The molecule has 0 aliphatic carbocycles. The van der Waals surface area contributed by atoms with Crippen LogP contribution in [0.1, 0.15) is 0 Å². The van der Waals surface area contributed by atoms with Gasteiger partial charge in [-0.25, -0.2) is 0 Å². The third-order valence-electron chi connectivity index (χ3n) is 2.54. The smallest absolute Gasteiger partial charge is 0.115 e. The fraction of sp³-hybridized carbons (Fsp3) is 0.667. The van der Waals surface area contributed by atoms with Gasteiger partial charge in [-0.1, -0.05) is 12.2 Å². The Kier molecular flexibility index (Phi) is 6.39. The van der Waals surface area contributed by atoms with E-state index in [4.69, 9.17) is 14.2 Å². The normalized spacial score (nSPS) is 30.1. The van der Waals surface area contributed by atoms with E-state index in [2.05, 4.69) is 13.2 Å². The summed E-state index contributed by atoms with van der Waals surface area (Å²) < 4.78 is 16.2. The predicted molar refractivity (Wildman–Crippen MR) is 62.7 cm³/mol. The van der Waals surface area contributed by atoms with Crippen LogP contribution in [0.5, 0.6) is 0 Å². The maximum Gasteiger partial charge on any atom is 0.115 e. The maximum absolute atomic E-state index is 9.71. The predicted octanol–water partition coefficient (Wildman–Crippen LogP) is -0.119. The van der Waals surface area contributed by atoms with Crippen molar-refractivity contribution in [3.8, 4) is 0 Å². The molecular weight excluding hydrogens is 224 g/mol. The fourth-order valence-corrected chi connectivity index (χ4v) is 1.77. The number of hydrogen-bond acceptors (Lipinski definition) is 5. The molecule has 5 heteroatoms. The SMILES string of the molecule is C=CCO[C@H]1[C@@H]([C@@H](CO)OCC=C)OC[C@@H]1O. The molecule has 0 bridgehead atoms. The minimum Gasteiger partial charge on any atom is -0.394 e. The third kappa shape index (κ3) is 3.90. The molecule has 1 fully saturated rings. The second-order valence-electron chi connectivity index (χ2n) is 3.79. The van der Waals surface area contributed by atoms with Crippen molar-refractivity contribution >= 4 is 0 Å². The van der Waals surface area contributed by atoms with Crippen LogP contribution in [0.3, 0.4) is 0 Å². The van der Waals surface area contributed by atoms with Crippen LogP contribution in [-0.4, -0.2) is 61.1 Å². The Labute approximate surface area is 101 Å². The highest BCUT2D eigenvalue weighted by Crippen LogP contribution is 2.22. The highest BCUT2D eigenvalue weighted by atomic mass is 16.6. The monoisotopic (exact) mass is 244 g/mol. The second kappa shape index (κ2) is 7.58. The zero-order valence-electron chi connectivity index (χ0n) is 9.83. The first-order valence-electron chi connectivity index (χ1n) is 5.60. The Morgan fingerprint density at radius 3 is 2.65 bits per heavy atom. The molecule has 0 amide bonds. The van der Waals surface area contributed by atoms with E-state index < -0.39 is 24.4 Å². The fourth-order valence-electron chi connectivity index (χ4n) is 1.77. The van der Waals surface area contributed by atoms with Crippen molar-refractivity contribution in [1.29, 1.82) is 0 Å². The van der Waals surface area contributed by atoms with Gasteiger partial charge in [0.2, 0.25) is 0 Å².